The highest BCUT2D eigenvalue weighted by Gasteiger charge is 2.26. The van der Waals surface area contributed by atoms with Crippen LogP contribution in [0.3, 0.4) is 0 Å². The van der Waals surface area contributed by atoms with E-state index >= 15 is 0 Å². The maximum atomic E-state index is 13.1. The van der Waals surface area contributed by atoms with Crippen molar-refractivity contribution in [2.75, 3.05) is 66.1 Å². The number of hydrogen-bond donors (Lipinski definition) is 1. The maximum Gasteiger partial charge on any atom is 0.409 e. The van der Waals surface area contributed by atoms with Gasteiger partial charge >= 0.3 is 6.09 Å². The van der Waals surface area contributed by atoms with E-state index in [1.807, 2.05) is 32.0 Å². The number of rotatable bonds is 10. The number of amides is 4. The largest absolute Gasteiger partial charge is 0.483 e. The van der Waals surface area contributed by atoms with Crippen LogP contribution in [0.5, 0.6) is 5.75 Å². The fourth-order valence-electron chi connectivity index (χ4n) is 5.01. The first-order valence-corrected chi connectivity index (χ1v) is 14.6. The molecule has 1 aromatic carbocycles. The van der Waals surface area contributed by atoms with Gasteiger partial charge in [0.1, 0.15) is 11.4 Å². The number of carbonyl (C=O) groups is 4. The van der Waals surface area contributed by atoms with E-state index in [0.29, 0.717) is 62.5 Å². The molecule has 1 aromatic heterocycles. The molecule has 0 aliphatic carbocycles. The zero-order chi connectivity index (χ0) is 30.1. The third-order valence-electron chi connectivity index (χ3n) is 7.65. The summed E-state index contributed by atoms with van der Waals surface area (Å²) < 4.78 is 16.6. The zero-order valence-corrected chi connectivity index (χ0v) is 24.7. The van der Waals surface area contributed by atoms with Crippen molar-refractivity contribution in [1.29, 1.82) is 0 Å². The second kappa shape index (κ2) is 14.8. The van der Waals surface area contributed by atoms with Crippen LogP contribution in [0.4, 0.5) is 4.79 Å². The lowest BCUT2D eigenvalue weighted by Gasteiger charge is -2.34. The highest BCUT2D eigenvalue weighted by molar-refractivity contribution is 5.98. The van der Waals surface area contributed by atoms with Gasteiger partial charge in [0.05, 0.1) is 24.8 Å². The first-order chi connectivity index (χ1) is 20.3. The average molecular weight is 584 g/mol. The summed E-state index contributed by atoms with van der Waals surface area (Å²) >= 11 is 0. The van der Waals surface area contributed by atoms with Gasteiger partial charge < -0.3 is 34.2 Å². The summed E-state index contributed by atoms with van der Waals surface area (Å²) in [5, 5.41) is 3.34. The van der Waals surface area contributed by atoms with Gasteiger partial charge in [0.2, 0.25) is 5.91 Å². The molecule has 2 aromatic rings. The molecule has 12 heteroatoms. The molecule has 42 heavy (non-hydrogen) atoms. The fraction of sp³-hybridized carbons (Fsp3) is 0.567. The van der Waals surface area contributed by atoms with E-state index in [4.69, 9.17) is 14.2 Å². The SMILES string of the molecule is CCCCOC(=O)N1CCN(C(=O)CNC(=O)c2cc(OCC(=O)N3CCC(OC)CC3)c3ccc(C)cc3n2)CC1. The van der Waals surface area contributed by atoms with Gasteiger partial charge in [0, 0.05) is 57.8 Å². The minimum Gasteiger partial charge on any atom is -0.483 e. The number of hydrogen-bond acceptors (Lipinski definition) is 8. The lowest BCUT2D eigenvalue weighted by atomic mass is 10.1. The van der Waals surface area contributed by atoms with E-state index in [0.717, 1.165) is 31.2 Å². The third kappa shape index (κ3) is 8.09. The van der Waals surface area contributed by atoms with Crippen molar-refractivity contribution in [3.05, 3.63) is 35.5 Å². The Bertz CT molecular complexity index is 1270. The number of unbranched alkanes of at least 4 members (excludes halogenated alkanes) is 1. The smallest absolute Gasteiger partial charge is 0.409 e. The van der Waals surface area contributed by atoms with Crippen LogP contribution in [0.1, 0.15) is 48.7 Å². The molecular formula is C30H41N5O7. The first-order valence-electron chi connectivity index (χ1n) is 14.6. The molecule has 0 spiro atoms. The molecule has 2 aliphatic rings. The van der Waals surface area contributed by atoms with Crippen LogP contribution in [0.15, 0.2) is 24.3 Å². The summed E-state index contributed by atoms with van der Waals surface area (Å²) in [4.78, 5) is 60.3. The number of carbonyl (C=O) groups excluding carboxylic acids is 4. The molecule has 4 amide bonds. The number of likely N-dealkylation sites (tertiary alicyclic amines) is 1. The van der Waals surface area contributed by atoms with E-state index < -0.39 is 5.91 Å². The second-order valence-electron chi connectivity index (χ2n) is 10.6. The van der Waals surface area contributed by atoms with Gasteiger partial charge in [-0.15, -0.1) is 0 Å². The van der Waals surface area contributed by atoms with E-state index in [-0.39, 0.29) is 42.9 Å². The van der Waals surface area contributed by atoms with Gasteiger partial charge in [-0.25, -0.2) is 9.78 Å². The van der Waals surface area contributed by atoms with Crippen LogP contribution in [0.25, 0.3) is 10.9 Å². The predicted octanol–water partition coefficient (Wildman–Crippen LogP) is 2.37. The monoisotopic (exact) mass is 583 g/mol. The minimum atomic E-state index is -0.525. The first kappa shape index (κ1) is 31.0. The number of benzene rings is 1. The lowest BCUT2D eigenvalue weighted by molar-refractivity contribution is -0.135. The predicted molar refractivity (Wildman–Crippen MR) is 155 cm³/mol. The molecular weight excluding hydrogens is 542 g/mol. The van der Waals surface area contributed by atoms with Gasteiger partial charge in [0.15, 0.2) is 6.61 Å². The van der Waals surface area contributed by atoms with Crippen molar-refractivity contribution in [3.63, 3.8) is 0 Å². The molecule has 0 saturated carbocycles. The Morgan fingerprint density at radius 1 is 0.952 bits per heavy atom. The molecule has 0 radical (unpaired) electrons. The molecule has 2 aliphatic heterocycles. The molecule has 0 bridgehead atoms. The summed E-state index contributed by atoms with van der Waals surface area (Å²) in [5.41, 5.74) is 1.60. The van der Waals surface area contributed by atoms with E-state index in [1.165, 1.54) is 6.07 Å². The number of ether oxygens (including phenoxy) is 3. The Morgan fingerprint density at radius 3 is 2.33 bits per heavy atom. The van der Waals surface area contributed by atoms with E-state index in [1.54, 1.807) is 21.8 Å². The Kier molecular flexibility index (Phi) is 10.9. The molecule has 0 atom stereocenters. The van der Waals surface area contributed by atoms with Gasteiger partial charge in [-0.05, 0) is 43.9 Å². The Labute approximate surface area is 246 Å². The van der Waals surface area contributed by atoms with Gasteiger partial charge in [-0.3, -0.25) is 14.4 Å². The lowest BCUT2D eigenvalue weighted by Crippen LogP contribution is -2.52. The highest BCUT2D eigenvalue weighted by atomic mass is 16.6. The second-order valence-corrected chi connectivity index (χ2v) is 10.6. The van der Waals surface area contributed by atoms with E-state index in [9.17, 15) is 19.2 Å². The number of nitrogens with zero attached hydrogens (tertiary/aromatic N) is 4. The van der Waals surface area contributed by atoms with Crippen molar-refractivity contribution >= 4 is 34.7 Å². The van der Waals surface area contributed by atoms with Gasteiger partial charge in [0.25, 0.3) is 11.8 Å². The topological polar surface area (TPSA) is 131 Å². The van der Waals surface area contributed by atoms with Crippen molar-refractivity contribution in [2.24, 2.45) is 0 Å². The number of methoxy groups -OCH3 is 1. The number of pyridine rings is 1. The number of aryl methyl sites for hydroxylation is 1. The quantitative estimate of drug-likeness (QED) is 0.422. The Morgan fingerprint density at radius 2 is 1.64 bits per heavy atom. The molecule has 228 valence electrons. The van der Waals surface area contributed by atoms with Crippen LogP contribution < -0.4 is 10.1 Å². The Hall–Kier alpha value is -3.93. The van der Waals surface area contributed by atoms with Crippen LogP contribution >= 0.6 is 0 Å². The molecule has 2 saturated heterocycles. The number of nitrogens with one attached hydrogen (secondary N) is 1. The summed E-state index contributed by atoms with van der Waals surface area (Å²) in [7, 11) is 1.68. The third-order valence-corrected chi connectivity index (χ3v) is 7.65. The maximum absolute atomic E-state index is 13.1. The van der Waals surface area contributed by atoms with Crippen LogP contribution in [-0.4, -0.2) is 116 Å². The van der Waals surface area contributed by atoms with Crippen molar-refractivity contribution < 1.29 is 33.4 Å². The molecule has 1 N–H and O–H groups in total. The number of piperidine rings is 1. The summed E-state index contributed by atoms with van der Waals surface area (Å²) in [6.45, 7) is 6.65. The van der Waals surface area contributed by atoms with Gasteiger partial charge in [-0.2, -0.15) is 0 Å². The highest BCUT2D eigenvalue weighted by Crippen LogP contribution is 2.27. The average Bonchev–Trinajstić information content (AvgIpc) is 3.01. The summed E-state index contributed by atoms with van der Waals surface area (Å²) in [6, 6.07) is 7.11. The molecule has 0 unspecified atom stereocenters. The van der Waals surface area contributed by atoms with Crippen LogP contribution in [0.2, 0.25) is 0 Å². The number of fused-ring (bicyclic) bond motifs is 1. The van der Waals surface area contributed by atoms with E-state index in [2.05, 4.69) is 10.3 Å². The standard InChI is InChI=1S/C30H41N5O7/c1-4-5-16-41-30(39)35-14-12-34(13-15-35)27(36)19-31-29(38)25-18-26(23-7-6-21(2)17-24(23)32-25)42-20-28(37)33-10-8-22(40-3)9-11-33/h6-7,17-18,22H,4-5,8-16,19-20H2,1-3H3,(H,31,38). The zero-order valence-electron chi connectivity index (χ0n) is 24.7. The Balaban J connectivity index is 1.34. The number of piperazine rings is 1. The summed E-state index contributed by atoms with van der Waals surface area (Å²) in [5.74, 6) is -0.535. The van der Waals surface area contributed by atoms with Gasteiger partial charge in [-0.1, -0.05) is 19.4 Å². The normalized spacial score (nSPS) is 15.9. The summed E-state index contributed by atoms with van der Waals surface area (Å²) in [6.07, 6.45) is 3.12. The fourth-order valence-corrected chi connectivity index (χ4v) is 5.01. The van der Waals surface area contributed by atoms with Crippen molar-refractivity contribution in [2.45, 2.75) is 45.6 Å². The number of aromatic nitrogens is 1. The van der Waals surface area contributed by atoms with Crippen LogP contribution in [0, 0.1) is 6.92 Å². The van der Waals surface area contributed by atoms with Crippen molar-refractivity contribution in [1.82, 2.24) is 25.0 Å². The molecule has 4 rings (SSSR count). The molecule has 3 heterocycles. The van der Waals surface area contributed by atoms with Crippen LogP contribution in [-0.2, 0) is 19.1 Å². The van der Waals surface area contributed by atoms with Crippen molar-refractivity contribution in [3.8, 4) is 5.75 Å². The molecule has 12 nitrogen and oxygen atoms in total. The minimum absolute atomic E-state index is 0.0869. The molecule has 2 fully saturated rings.